The Bertz CT molecular complexity index is 1110. The van der Waals surface area contributed by atoms with Gasteiger partial charge in [0.25, 0.3) is 11.5 Å². The van der Waals surface area contributed by atoms with Gasteiger partial charge in [-0.15, -0.1) is 0 Å². The zero-order valence-corrected chi connectivity index (χ0v) is 17.7. The lowest BCUT2D eigenvalue weighted by Gasteiger charge is -2.34. The van der Waals surface area contributed by atoms with Gasteiger partial charge in [-0.05, 0) is 12.1 Å². The highest BCUT2D eigenvalue weighted by molar-refractivity contribution is 6.00. The topological polar surface area (TPSA) is 89.7 Å². The lowest BCUT2D eigenvalue weighted by molar-refractivity contribution is -0.130. The molecule has 3 heterocycles. The Morgan fingerprint density at radius 2 is 1.71 bits per heavy atom. The molecule has 1 aromatic rings. The van der Waals surface area contributed by atoms with Crippen LogP contribution >= 0.6 is 0 Å². The molecule has 2 amide bonds. The molecule has 9 heteroatoms. The maximum atomic E-state index is 13.4. The highest BCUT2D eigenvalue weighted by Crippen LogP contribution is 2.24. The van der Waals surface area contributed by atoms with Crippen molar-refractivity contribution in [1.29, 1.82) is 0 Å². The number of fused-ring (bicyclic) bond motifs is 1. The number of nitrogens with zero attached hydrogens (tertiary/aromatic N) is 5. The van der Waals surface area contributed by atoms with Crippen LogP contribution in [-0.2, 0) is 16.1 Å². The number of ether oxygens (including phenoxy) is 1. The zero-order valence-electron chi connectivity index (χ0n) is 17.7. The monoisotopic (exact) mass is 423 g/mol. The highest BCUT2D eigenvalue weighted by atomic mass is 16.5. The van der Waals surface area contributed by atoms with Gasteiger partial charge >= 0.3 is 0 Å². The van der Waals surface area contributed by atoms with Crippen molar-refractivity contribution in [3.8, 4) is 16.9 Å². The number of pyridine rings is 1. The Hall–Kier alpha value is -3.46. The zero-order chi connectivity index (χ0) is 22.0. The molecule has 0 saturated carbocycles. The summed E-state index contributed by atoms with van der Waals surface area (Å²) >= 11 is 0. The largest absolute Gasteiger partial charge is 0.383 e. The van der Waals surface area contributed by atoms with Gasteiger partial charge in [-0.25, -0.2) is 0 Å². The van der Waals surface area contributed by atoms with Crippen LogP contribution in [0.1, 0.15) is 17.3 Å². The number of piperazine rings is 1. The Kier molecular flexibility index (Phi) is 5.85. The highest BCUT2D eigenvalue weighted by Gasteiger charge is 2.29. The van der Waals surface area contributed by atoms with E-state index in [1.807, 2.05) is 18.2 Å². The molecule has 0 spiro atoms. The van der Waals surface area contributed by atoms with Crippen molar-refractivity contribution in [3.05, 3.63) is 58.6 Å². The van der Waals surface area contributed by atoms with E-state index in [9.17, 15) is 14.4 Å². The SMILES string of the molecule is COCCn1cc(C(=O)N2CCN(C(C)=O)CC2)c2nn(-c3ccccc3)c(=O)c-2c1. The van der Waals surface area contributed by atoms with Crippen LogP contribution in [0, 0.1) is 0 Å². The molecule has 4 rings (SSSR count). The van der Waals surface area contributed by atoms with Crippen molar-refractivity contribution < 1.29 is 14.3 Å². The van der Waals surface area contributed by atoms with Crippen LogP contribution in [0.3, 0.4) is 0 Å². The first-order valence-electron chi connectivity index (χ1n) is 10.2. The van der Waals surface area contributed by atoms with Crippen molar-refractivity contribution in [2.45, 2.75) is 13.5 Å². The van der Waals surface area contributed by atoms with Gasteiger partial charge < -0.3 is 19.1 Å². The molecule has 1 fully saturated rings. The van der Waals surface area contributed by atoms with Gasteiger partial charge in [-0.1, -0.05) is 18.2 Å². The van der Waals surface area contributed by atoms with Crippen LogP contribution in [-0.4, -0.2) is 75.9 Å². The molecule has 1 saturated heterocycles. The van der Waals surface area contributed by atoms with Crippen LogP contribution in [0.25, 0.3) is 16.9 Å². The summed E-state index contributed by atoms with van der Waals surface area (Å²) in [6, 6.07) is 9.13. The van der Waals surface area contributed by atoms with Gasteiger partial charge in [0, 0.05) is 59.2 Å². The van der Waals surface area contributed by atoms with E-state index in [0.29, 0.717) is 61.8 Å². The fourth-order valence-electron chi connectivity index (χ4n) is 3.78. The maximum absolute atomic E-state index is 13.4. The van der Waals surface area contributed by atoms with E-state index in [2.05, 4.69) is 5.10 Å². The molecule has 0 aliphatic carbocycles. The van der Waals surface area contributed by atoms with Crippen LogP contribution in [0.2, 0.25) is 0 Å². The minimum atomic E-state index is -0.275. The van der Waals surface area contributed by atoms with Crippen molar-refractivity contribution in [2.75, 3.05) is 39.9 Å². The average Bonchev–Trinajstić information content (AvgIpc) is 3.13. The lowest BCUT2D eigenvalue weighted by Crippen LogP contribution is -2.50. The molecular weight excluding hydrogens is 398 g/mol. The molecule has 0 atom stereocenters. The van der Waals surface area contributed by atoms with Gasteiger partial charge in [-0.3, -0.25) is 14.4 Å². The van der Waals surface area contributed by atoms with E-state index in [1.165, 1.54) is 11.6 Å². The molecule has 1 aromatic carbocycles. The molecule has 9 nitrogen and oxygen atoms in total. The number of methoxy groups -OCH3 is 1. The van der Waals surface area contributed by atoms with Gasteiger partial charge in [0.2, 0.25) is 5.91 Å². The smallest absolute Gasteiger partial charge is 0.282 e. The maximum Gasteiger partial charge on any atom is 0.282 e. The van der Waals surface area contributed by atoms with Gasteiger partial charge in [0.1, 0.15) is 5.69 Å². The molecule has 3 aliphatic rings. The summed E-state index contributed by atoms with van der Waals surface area (Å²) in [6.45, 7) is 4.34. The minimum Gasteiger partial charge on any atom is -0.383 e. The molecule has 0 unspecified atom stereocenters. The Balaban J connectivity index is 1.75. The first kappa shape index (κ1) is 20.8. The molecule has 162 valence electrons. The van der Waals surface area contributed by atoms with Crippen LogP contribution in [0.5, 0.6) is 0 Å². The molecule has 31 heavy (non-hydrogen) atoms. The van der Waals surface area contributed by atoms with E-state index in [0.717, 1.165) is 0 Å². The fraction of sp³-hybridized carbons (Fsp3) is 0.364. The molecule has 0 N–H and O–H groups in total. The third kappa shape index (κ3) is 4.09. The second-order valence-electron chi connectivity index (χ2n) is 7.52. The van der Waals surface area contributed by atoms with Crippen LogP contribution in [0.4, 0.5) is 0 Å². The van der Waals surface area contributed by atoms with E-state index in [-0.39, 0.29) is 17.4 Å². The molecular formula is C22H25N5O4. The van der Waals surface area contributed by atoms with Gasteiger partial charge in [0.05, 0.1) is 23.4 Å². The van der Waals surface area contributed by atoms with Crippen molar-refractivity contribution in [2.24, 2.45) is 0 Å². The summed E-state index contributed by atoms with van der Waals surface area (Å²) in [4.78, 5) is 41.5. The number of hydrogen-bond donors (Lipinski definition) is 0. The van der Waals surface area contributed by atoms with E-state index >= 15 is 0 Å². The number of carbonyl (C=O) groups is 2. The number of rotatable bonds is 5. The summed E-state index contributed by atoms with van der Waals surface area (Å²) in [6.07, 6.45) is 3.44. The fourth-order valence-corrected chi connectivity index (χ4v) is 3.78. The van der Waals surface area contributed by atoms with Crippen molar-refractivity contribution in [1.82, 2.24) is 24.1 Å². The number of amides is 2. The molecule has 0 bridgehead atoms. The number of aromatic nitrogens is 3. The summed E-state index contributed by atoms with van der Waals surface area (Å²) in [5.41, 5.74) is 1.50. The normalized spacial score (nSPS) is 14.3. The van der Waals surface area contributed by atoms with Gasteiger partial charge in [-0.2, -0.15) is 9.78 Å². The third-order valence-electron chi connectivity index (χ3n) is 5.52. The second-order valence-corrected chi connectivity index (χ2v) is 7.52. The number of para-hydroxylation sites is 1. The third-order valence-corrected chi connectivity index (χ3v) is 5.52. The lowest BCUT2D eigenvalue weighted by atomic mass is 10.1. The summed E-state index contributed by atoms with van der Waals surface area (Å²) in [7, 11) is 1.60. The Morgan fingerprint density at radius 1 is 1.03 bits per heavy atom. The van der Waals surface area contributed by atoms with Crippen molar-refractivity contribution >= 4 is 11.8 Å². The summed E-state index contributed by atoms with van der Waals surface area (Å²) in [5.74, 6) is -0.193. The second kappa shape index (κ2) is 8.73. The van der Waals surface area contributed by atoms with E-state index in [1.54, 1.807) is 46.0 Å². The Morgan fingerprint density at radius 3 is 2.35 bits per heavy atom. The predicted octanol–water partition coefficient (Wildman–Crippen LogP) is 1.09. The number of carbonyl (C=O) groups excluding carboxylic acids is 2. The van der Waals surface area contributed by atoms with E-state index in [4.69, 9.17) is 4.74 Å². The molecule has 0 radical (unpaired) electrons. The first-order chi connectivity index (χ1) is 15.0. The predicted molar refractivity (Wildman–Crippen MR) is 114 cm³/mol. The van der Waals surface area contributed by atoms with Crippen LogP contribution < -0.4 is 5.56 Å². The minimum absolute atomic E-state index is 0.00390. The molecule has 0 aromatic heterocycles. The van der Waals surface area contributed by atoms with Gasteiger partial charge in [0.15, 0.2) is 0 Å². The number of hydrogen-bond acceptors (Lipinski definition) is 5. The number of benzene rings is 1. The first-order valence-corrected chi connectivity index (χ1v) is 10.2. The van der Waals surface area contributed by atoms with Crippen LogP contribution in [0.15, 0.2) is 47.5 Å². The summed E-state index contributed by atoms with van der Waals surface area (Å²) in [5, 5.41) is 4.51. The quantitative estimate of drug-likeness (QED) is 0.613. The van der Waals surface area contributed by atoms with E-state index < -0.39 is 0 Å². The van der Waals surface area contributed by atoms with Crippen molar-refractivity contribution in [3.63, 3.8) is 0 Å². The molecule has 3 aliphatic heterocycles. The Labute approximate surface area is 179 Å². The summed E-state index contributed by atoms with van der Waals surface area (Å²) < 4.78 is 8.29. The standard InChI is InChI=1S/C22H25N5O4/c1-16(28)25-8-10-26(11-9-25)21(29)18-14-24(12-13-31-2)15-19-20(18)23-27(22(19)30)17-6-4-3-5-7-17/h3-7,14-15H,8-13H2,1-2H3. The average molecular weight is 423 g/mol.